The third-order valence-electron chi connectivity index (χ3n) is 1.16. The first-order valence-electron chi connectivity index (χ1n) is 2.36. The summed E-state index contributed by atoms with van der Waals surface area (Å²) in [7, 11) is 0. The van der Waals surface area contributed by atoms with Crippen molar-refractivity contribution in [2.45, 2.75) is 13.8 Å². The molecule has 8 heavy (non-hydrogen) atoms. The van der Waals surface area contributed by atoms with Crippen LogP contribution in [0, 0.1) is 13.8 Å². The first-order chi connectivity index (χ1) is 3.72. The summed E-state index contributed by atoms with van der Waals surface area (Å²) in [5, 5.41) is 7.26. The highest BCUT2D eigenvalue weighted by Gasteiger charge is 1.96. The van der Waals surface area contributed by atoms with E-state index >= 15 is 0 Å². The number of nitrogens with two attached hydrogens (primary N) is 1. The van der Waals surface area contributed by atoms with Gasteiger partial charge in [-0.05, 0) is 19.1 Å². The van der Waals surface area contributed by atoms with Crippen molar-refractivity contribution in [2.24, 2.45) is 0 Å². The lowest BCUT2D eigenvalue weighted by Crippen LogP contribution is -2.11. The van der Waals surface area contributed by atoms with E-state index in [-0.39, 0.29) is 0 Å². The maximum absolute atomic E-state index is 5.28. The Labute approximate surface area is 47.3 Å². The standard InChI is InChI=1S/C4H8N4/c1-3-4(2)8(5)7-6-3/h5H2,1-2H3. The molecule has 2 N–H and O–H groups in total. The summed E-state index contributed by atoms with van der Waals surface area (Å²) in [6.45, 7) is 3.74. The molecule has 1 aromatic heterocycles. The maximum Gasteiger partial charge on any atom is 0.0847 e. The fourth-order valence-electron chi connectivity index (χ4n) is 0.420. The van der Waals surface area contributed by atoms with Gasteiger partial charge in [0.1, 0.15) is 0 Å². The predicted octanol–water partition coefficient (Wildman–Crippen LogP) is -0.391. The highest BCUT2D eigenvalue weighted by Crippen LogP contribution is 1.94. The highest BCUT2D eigenvalue weighted by molar-refractivity contribution is 5.03. The molecular formula is C4H8N4. The Bertz CT molecular complexity index is 170. The van der Waals surface area contributed by atoms with E-state index in [1.807, 2.05) is 13.8 Å². The molecule has 0 aromatic carbocycles. The average molecular weight is 112 g/mol. The molecule has 0 unspecified atom stereocenters. The van der Waals surface area contributed by atoms with E-state index in [1.165, 1.54) is 4.79 Å². The molecular weight excluding hydrogens is 104 g/mol. The van der Waals surface area contributed by atoms with Gasteiger partial charge in [0.2, 0.25) is 0 Å². The second-order valence-electron chi connectivity index (χ2n) is 1.70. The van der Waals surface area contributed by atoms with E-state index in [0.717, 1.165) is 11.4 Å². The number of hydrogen-bond donors (Lipinski definition) is 1. The zero-order valence-corrected chi connectivity index (χ0v) is 4.92. The minimum atomic E-state index is 0.882. The van der Waals surface area contributed by atoms with Crippen LogP contribution in [0.1, 0.15) is 11.4 Å². The number of aromatic nitrogens is 3. The van der Waals surface area contributed by atoms with Gasteiger partial charge in [0.15, 0.2) is 0 Å². The second kappa shape index (κ2) is 1.47. The van der Waals surface area contributed by atoms with Gasteiger partial charge in [-0.1, -0.05) is 0 Å². The molecule has 0 bridgehead atoms. The van der Waals surface area contributed by atoms with Crippen LogP contribution in [0.5, 0.6) is 0 Å². The summed E-state index contributed by atoms with van der Waals surface area (Å²) in [5.41, 5.74) is 1.79. The molecule has 0 fully saturated rings. The molecule has 1 rings (SSSR count). The molecule has 0 amide bonds. The van der Waals surface area contributed by atoms with Gasteiger partial charge in [-0.3, -0.25) is 0 Å². The van der Waals surface area contributed by atoms with Gasteiger partial charge in [-0.15, -0.1) is 5.10 Å². The van der Waals surface area contributed by atoms with Crippen molar-refractivity contribution in [1.29, 1.82) is 0 Å². The number of hydrogen-bond acceptors (Lipinski definition) is 3. The van der Waals surface area contributed by atoms with Crippen molar-refractivity contribution >= 4 is 0 Å². The van der Waals surface area contributed by atoms with Gasteiger partial charge < -0.3 is 5.84 Å². The van der Waals surface area contributed by atoms with E-state index < -0.39 is 0 Å². The Hall–Kier alpha value is -1.06. The van der Waals surface area contributed by atoms with Crippen LogP contribution in [-0.4, -0.2) is 15.1 Å². The topological polar surface area (TPSA) is 56.7 Å². The number of rotatable bonds is 0. The van der Waals surface area contributed by atoms with Crippen molar-refractivity contribution in [1.82, 2.24) is 15.1 Å². The molecule has 44 valence electrons. The summed E-state index contributed by atoms with van der Waals surface area (Å²) in [6, 6.07) is 0. The van der Waals surface area contributed by atoms with E-state index in [9.17, 15) is 0 Å². The van der Waals surface area contributed by atoms with Gasteiger partial charge in [0, 0.05) is 0 Å². The van der Waals surface area contributed by atoms with Crippen molar-refractivity contribution in [3.05, 3.63) is 11.4 Å². The number of nitrogen functional groups attached to an aromatic ring is 1. The van der Waals surface area contributed by atoms with Gasteiger partial charge >= 0.3 is 0 Å². The van der Waals surface area contributed by atoms with Gasteiger partial charge in [0.05, 0.1) is 11.4 Å². The average Bonchev–Trinajstić information content (AvgIpc) is 1.98. The van der Waals surface area contributed by atoms with Crippen molar-refractivity contribution in [2.75, 3.05) is 5.84 Å². The molecule has 0 saturated carbocycles. The first kappa shape index (κ1) is 5.08. The lowest BCUT2D eigenvalue weighted by atomic mass is 10.4. The Kier molecular flexibility index (Phi) is 0.932. The summed E-state index contributed by atoms with van der Waals surface area (Å²) in [4.78, 5) is 1.26. The predicted molar refractivity (Wildman–Crippen MR) is 29.6 cm³/mol. The zero-order chi connectivity index (χ0) is 6.15. The molecule has 0 atom stereocenters. The molecule has 4 nitrogen and oxygen atoms in total. The molecule has 4 heteroatoms. The number of nitrogens with zero attached hydrogens (tertiary/aromatic N) is 3. The second-order valence-corrected chi connectivity index (χ2v) is 1.70. The highest BCUT2D eigenvalue weighted by atomic mass is 15.6. The fraction of sp³-hybridized carbons (Fsp3) is 0.500. The lowest BCUT2D eigenvalue weighted by molar-refractivity contribution is 0.746. The molecule has 0 aliphatic carbocycles. The fourth-order valence-corrected chi connectivity index (χ4v) is 0.420. The molecule has 0 spiro atoms. The molecule has 1 heterocycles. The molecule has 1 aromatic rings. The van der Waals surface area contributed by atoms with Crippen molar-refractivity contribution in [3.63, 3.8) is 0 Å². The maximum atomic E-state index is 5.28. The summed E-state index contributed by atoms with van der Waals surface area (Å²) >= 11 is 0. The van der Waals surface area contributed by atoms with E-state index in [4.69, 9.17) is 5.84 Å². The molecule has 0 saturated heterocycles. The summed E-state index contributed by atoms with van der Waals surface area (Å²) < 4.78 is 0. The van der Waals surface area contributed by atoms with Gasteiger partial charge in [-0.25, -0.2) is 0 Å². The normalized spacial score (nSPS) is 9.75. The molecule has 0 aliphatic heterocycles. The van der Waals surface area contributed by atoms with Gasteiger partial charge in [0.25, 0.3) is 0 Å². The summed E-state index contributed by atoms with van der Waals surface area (Å²) in [5.74, 6) is 5.28. The first-order valence-corrected chi connectivity index (χ1v) is 2.36. The molecule has 0 aliphatic rings. The Morgan fingerprint density at radius 1 is 1.50 bits per heavy atom. The Morgan fingerprint density at radius 2 is 2.12 bits per heavy atom. The third-order valence-corrected chi connectivity index (χ3v) is 1.16. The molecule has 0 radical (unpaired) electrons. The van der Waals surface area contributed by atoms with E-state index in [2.05, 4.69) is 10.3 Å². The summed E-state index contributed by atoms with van der Waals surface area (Å²) in [6.07, 6.45) is 0. The van der Waals surface area contributed by atoms with Crippen LogP contribution in [-0.2, 0) is 0 Å². The number of aryl methyl sites for hydroxylation is 1. The van der Waals surface area contributed by atoms with Crippen LogP contribution < -0.4 is 5.84 Å². The SMILES string of the molecule is Cc1nnn(N)c1C. The van der Waals surface area contributed by atoms with Crippen LogP contribution in [0.15, 0.2) is 0 Å². The monoisotopic (exact) mass is 112 g/mol. The van der Waals surface area contributed by atoms with Crippen LogP contribution in [0.25, 0.3) is 0 Å². The minimum Gasteiger partial charge on any atom is -0.322 e. The van der Waals surface area contributed by atoms with Crippen molar-refractivity contribution < 1.29 is 0 Å². The zero-order valence-electron chi connectivity index (χ0n) is 4.92. The lowest BCUT2D eigenvalue weighted by Gasteiger charge is -1.88. The van der Waals surface area contributed by atoms with Crippen LogP contribution in [0.2, 0.25) is 0 Å². The largest absolute Gasteiger partial charge is 0.322 e. The quantitative estimate of drug-likeness (QED) is 0.465. The Morgan fingerprint density at radius 3 is 2.25 bits per heavy atom. The van der Waals surface area contributed by atoms with Gasteiger partial charge in [-0.2, -0.15) is 4.79 Å². The van der Waals surface area contributed by atoms with Crippen LogP contribution >= 0.6 is 0 Å². The van der Waals surface area contributed by atoms with Crippen LogP contribution in [0.3, 0.4) is 0 Å². The Balaban J connectivity index is 3.19. The smallest absolute Gasteiger partial charge is 0.0847 e. The van der Waals surface area contributed by atoms with Crippen molar-refractivity contribution in [3.8, 4) is 0 Å². The van der Waals surface area contributed by atoms with E-state index in [0.29, 0.717) is 0 Å². The third kappa shape index (κ3) is 0.538. The van der Waals surface area contributed by atoms with Crippen LogP contribution in [0.4, 0.5) is 0 Å². The van der Waals surface area contributed by atoms with E-state index in [1.54, 1.807) is 0 Å². The minimum absolute atomic E-state index is 0.882.